The quantitative estimate of drug-likeness (QED) is 0.763. The van der Waals surface area contributed by atoms with E-state index in [0.717, 1.165) is 0 Å². The highest BCUT2D eigenvalue weighted by atomic mass is 16.5. The Balaban J connectivity index is 2.74. The fourth-order valence-corrected chi connectivity index (χ4v) is 0.987. The topological polar surface area (TPSA) is 63.6 Å². The zero-order valence-electron chi connectivity index (χ0n) is 8.61. The molecule has 4 heteroatoms. The number of phenolic OH excluding ortho intramolecular Hbond substituents is 1. The summed E-state index contributed by atoms with van der Waals surface area (Å²) in [5.74, 6) is -0.799. The Labute approximate surface area is 87.5 Å². The first-order valence-electron chi connectivity index (χ1n) is 4.47. The van der Waals surface area contributed by atoms with E-state index in [9.17, 15) is 14.7 Å². The van der Waals surface area contributed by atoms with Crippen LogP contribution < -0.4 is 0 Å². The summed E-state index contributed by atoms with van der Waals surface area (Å²) in [6.45, 7) is 2.81. The van der Waals surface area contributed by atoms with Crippen molar-refractivity contribution < 1.29 is 19.4 Å². The van der Waals surface area contributed by atoms with Crippen molar-refractivity contribution in [3.05, 3.63) is 29.3 Å². The summed E-state index contributed by atoms with van der Waals surface area (Å²) in [7, 11) is 0. The van der Waals surface area contributed by atoms with Gasteiger partial charge in [-0.15, -0.1) is 0 Å². The molecule has 0 atom stereocenters. The largest absolute Gasteiger partial charge is 0.508 e. The molecule has 1 N–H and O–H groups in total. The Morgan fingerprint density at radius 1 is 1.40 bits per heavy atom. The number of carbonyl (C=O) groups excluding carboxylic acids is 2. The number of esters is 1. The predicted molar refractivity (Wildman–Crippen MR) is 53.8 cm³/mol. The number of aromatic hydroxyl groups is 1. The lowest BCUT2D eigenvalue weighted by molar-refractivity contribution is -0.120. The van der Waals surface area contributed by atoms with E-state index < -0.39 is 5.97 Å². The molecule has 4 nitrogen and oxygen atoms in total. The number of Topliss-reactive ketones (excluding diaryl/α,β-unsaturated/α-hetero) is 1. The predicted octanol–water partition coefficient (Wildman–Crippen LogP) is 1.45. The van der Waals surface area contributed by atoms with Gasteiger partial charge in [0.1, 0.15) is 12.4 Å². The van der Waals surface area contributed by atoms with Crippen LogP contribution in [0.4, 0.5) is 0 Å². The van der Waals surface area contributed by atoms with Crippen molar-refractivity contribution in [1.29, 1.82) is 0 Å². The van der Waals surface area contributed by atoms with Crippen LogP contribution in [-0.2, 0) is 9.53 Å². The lowest BCUT2D eigenvalue weighted by Crippen LogP contribution is -2.11. The number of ether oxygens (including phenoxy) is 1. The van der Waals surface area contributed by atoms with E-state index in [2.05, 4.69) is 4.74 Å². The molecule has 1 aromatic rings. The lowest BCUT2D eigenvalue weighted by Gasteiger charge is -2.04. The van der Waals surface area contributed by atoms with Crippen LogP contribution in [0.25, 0.3) is 0 Å². The van der Waals surface area contributed by atoms with Gasteiger partial charge >= 0.3 is 5.97 Å². The molecule has 0 amide bonds. The summed E-state index contributed by atoms with van der Waals surface area (Å²) in [4.78, 5) is 21.9. The molecule has 0 aliphatic rings. The molecule has 15 heavy (non-hydrogen) atoms. The average molecular weight is 208 g/mol. The van der Waals surface area contributed by atoms with Gasteiger partial charge in [0.2, 0.25) is 0 Å². The number of ketones is 1. The maximum Gasteiger partial charge on any atom is 0.338 e. The first-order valence-corrected chi connectivity index (χ1v) is 4.47. The zero-order chi connectivity index (χ0) is 11.4. The number of aryl methyl sites for hydroxylation is 1. The normalized spacial score (nSPS) is 9.73. The Kier molecular flexibility index (Phi) is 3.44. The number of phenols is 1. The van der Waals surface area contributed by atoms with Gasteiger partial charge < -0.3 is 9.84 Å². The first kappa shape index (κ1) is 11.2. The second kappa shape index (κ2) is 4.59. The summed E-state index contributed by atoms with van der Waals surface area (Å²) >= 11 is 0. The van der Waals surface area contributed by atoms with Gasteiger partial charge in [0, 0.05) is 0 Å². The van der Waals surface area contributed by atoms with Gasteiger partial charge in [-0.05, 0) is 31.5 Å². The van der Waals surface area contributed by atoms with E-state index in [1.807, 2.05) is 0 Å². The van der Waals surface area contributed by atoms with Gasteiger partial charge in [0.15, 0.2) is 5.78 Å². The molecule has 0 bridgehead atoms. The van der Waals surface area contributed by atoms with Crippen LogP contribution in [0.15, 0.2) is 18.2 Å². The molecular weight excluding hydrogens is 196 g/mol. The third-order valence-electron chi connectivity index (χ3n) is 1.85. The minimum atomic E-state index is -0.611. The van der Waals surface area contributed by atoms with Gasteiger partial charge in [-0.2, -0.15) is 0 Å². The van der Waals surface area contributed by atoms with Gasteiger partial charge in [-0.1, -0.05) is 6.07 Å². The molecule has 0 aromatic heterocycles. The fourth-order valence-electron chi connectivity index (χ4n) is 0.987. The molecule has 0 aliphatic heterocycles. The van der Waals surface area contributed by atoms with Crippen LogP contribution in [-0.4, -0.2) is 23.5 Å². The third-order valence-corrected chi connectivity index (χ3v) is 1.85. The van der Waals surface area contributed by atoms with E-state index in [-0.39, 0.29) is 23.7 Å². The Morgan fingerprint density at radius 2 is 2.07 bits per heavy atom. The first-order chi connectivity index (χ1) is 7.00. The number of carbonyl (C=O) groups is 2. The summed E-state index contributed by atoms with van der Waals surface area (Å²) < 4.78 is 4.68. The standard InChI is InChI=1S/C11H12O4/c1-7-3-4-9(5-10(7)13)11(14)15-6-8(2)12/h3-5,13H,6H2,1-2H3. The van der Waals surface area contributed by atoms with E-state index in [4.69, 9.17) is 0 Å². The minimum absolute atomic E-state index is 0.0345. The minimum Gasteiger partial charge on any atom is -0.508 e. The SMILES string of the molecule is CC(=O)COC(=O)c1ccc(C)c(O)c1. The maximum absolute atomic E-state index is 11.3. The van der Waals surface area contributed by atoms with Crippen molar-refractivity contribution in [1.82, 2.24) is 0 Å². The molecule has 0 fully saturated rings. The fraction of sp³-hybridized carbons (Fsp3) is 0.273. The molecule has 0 unspecified atom stereocenters. The summed E-state index contributed by atoms with van der Waals surface area (Å²) in [6.07, 6.45) is 0. The van der Waals surface area contributed by atoms with E-state index in [1.165, 1.54) is 19.1 Å². The van der Waals surface area contributed by atoms with Crippen molar-refractivity contribution in [3.8, 4) is 5.75 Å². The van der Waals surface area contributed by atoms with Gasteiger partial charge in [0.05, 0.1) is 5.56 Å². The summed E-state index contributed by atoms with van der Waals surface area (Å²) in [5.41, 5.74) is 0.914. The monoisotopic (exact) mass is 208 g/mol. The second-order valence-electron chi connectivity index (χ2n) is 3.28. The van der Waals surface area contributed by atoms with Crippen molar-refractivity contribution in [2.75, 3.05) is 6.61 Å². The molecule has 0 radical (unpaired) electrons. The maximum atomic E-state index is 11.3. The molecular formula is C11H12O4. The highest BCUT2D eigenvalue weighted by Crippen LogP contribution is 2.17. The summed E-state index contributed by atoms with van der Waals surface area (Å²) in [5, 5.41) is 9.35. The van der Waals surface area contributed by atoms with Crippen LogP contribution in [0.1, 0.15) is 22.8 Å². The van der Waals surface area contributed by atoms with Crippen molar-refractivity contribution in [3.63, 3.8) is 0 Å². The average Bonchev–Trinajstić information content (AvgIpc) is 2.18. The second-order valence-corrected chi connectivity index (χ2v) is 3.28. The molecule has 1 rings (SSSR count). The molecule has 0 saturated heterocycles. The van der Waals surface area contributed by atoms with Crippen LogP contribution >= 0.6 is 0 Å². The molecule has 0 spiro atoms. The zero-order valence-corrected chi connectivity index (χ0v) is 8.61. The number of rotatable bonds is 3. The lowest BCUT2D eigenvalue weighted by atomic mass is 10.1. The van der Waals surface area contributed by atoms with Gasteiger partial charge in [-0.25, -0.2) is 4.79 Å². The van der Waals surface area contributed by atoms with E-state index in [1.54, 1.807) is 13.0 Å². The van der Waals surface area contributed by atoms with Gasteiger partial charge in [-0.3, -0.25) is 4.79 Å². The Morgan fingerprint density at radius 3 is 2.60 bits per heavy atom. The highest BCUT2D eigenvalue weighted by Gasteiger charge is 2.09. The molecule has 1 aromatic carbocycles. The van der Waals surface area contributed by atoms with Crippen molar-refractivity contribution >= 4 is 11.8 Å². The van der Waals surface area contributed by atoms with Crippen LogP contribution in [0.2, 0.25) is 0 Å². The highest BCUT2D eigenvalue weighted by molar-refractivity contribution is 5.91. The Bertz CT molecular complexity index is 396. The summed E-state index contributed by atoms with van der Waals surface area (Å²) in [6, 6.07) is 4.47. The molecule has 0 heterocycles. The van der Waals surface area contributed by atoms with Crippen LogP contribution in [0.5, 0.6) is 5.75 Å². The van der Waals surface area contributed by atoms with Gasteiger partial charge in [0.25, 0.3) is 0 Å². The smallest absolute Gasteiger partial charge is 0.338 e. The van der Waals surface area contributed by atoms with Crippen LogP contribution in [0.3, 0.4) is 0 Å². The number of hydrogen-bond acceptors (Lipinski definition) is 4. The number of benzene rings is 1. The van der Waals surface area contributed by atoms with Crippen molar-refractivity contribution in [2.45, 2.75) is 13.8 Å². The van der Waals surface area contributed by atoms with Crippen LogP contribution in [0, 0.1) is 6.92 Å². The van der Waals surface area contributed by atoms with Crippen molar-refractivity contribution in [2.24, 2.45) is 0 Å². The molecule has 0 aliphatic carbocycles. The van der Waals surface area contributed by atoms with E-state index in [0.29, 0.717) is 5.56 Å². The third kappa shape index (κ3) is 3.09. The Hall–Kier alpha value is -1.84. The molecule has 80 valence electrons. The van der Waals surface area contributed by atoms with E-state index >= 15 is 0 Å². The molecule has 0 saturated carbocycles. The number of hydrogen-bond donors (Lipinski definition) is 1.